The quantitative estimate of drug-likeness (QED) is 0.244. The third-order valence-electron chi connectivity index (χ3n) is 6.11. The van der Waals surface area contributed by atoms with Gasteiger partial charge in [0, 0.05) is 27.7 Å². The number of carbonyl (C=O) groups is 1. The summed E-state index contributed by atoms with van der Waals surface area (Å²) in [7, 11) is 0. The molecule has 1 aliphatic carbocycles. The second-order valence-electron chi connectivity index (χ2n) is 8.30. The number of thioether (sulfide) groups is 1. The highest BCUT2D eigenvalue weighted by molar-refractivity contribution is 8.00. The lowest BCUT2D eigenvalue weighted by molar-refractivity contribution is -0.118. The van der Waals surface area contributed by atoms with E-state index in [4.69, 9.17) is 11.6 Å². The molecule has 1 N–H and O–H groups in total. The van der Waals surface area contributed by atoms with Gasteiger partial charge in [0.25, 0.3) is 0 Å². The first-order valence-corrected chi connectivity index (χ1v) is 12.5. The van der Waals surface area contributed by atoms with Gasteiger partial charge in [-0.05, 0) is 66.4 Å². The van der Waals surface area contributed by atoms with Crippen LogP contribution in [0.2, 0.25) is 5.02 Å². The lowest BCUT2D eigenvalue weighted by Crippen LogP contribution is -2.20. The summed E-state index contributed by atoms with van der Waals surface area (Å²) in [6.45, 7) is 4.08. The Kier molecular flexibility index (Phi) is 6.31. The van der Waals surface area contributed by atoms with Crippen molar-refractivity contribution in [3.63, 3.8) is 0 Å². The van der Waals surface area contributed by atoms with Gasteiger partial charge >= 0.3 is 0 Å². The van der Waals surface area contributed by atoms with Crippen LogP contribution in [0, 0.1) is 13.8 Å². The smallest absolute Gasteiger partial charge is 0.250 e. The predicted molar refractivity (Wildman–Crippen MR) is 142 cm³/mol. The number of halogens is 1. The lowest BCUT2D eigenvalue weighted by atomic mass is 10.1. The van der Waals surface area contributed by atoms with Crippen molar-refractivity contribution >= 4 is 35.5 Å². The topological polar surface area (TPSA) is 46.4 Å². The van der Waals surface area contributed by atoms with Crippen molar-refractivity contribution in [3.05, 3.63) is 112 Å². The third-order valence-corrected chi connectivity index (χ3v) is 7.63. The van der Waals surface area contributed by atoms with Crippen LogP contribution >= 0.6 is 23.4 Å². The van der Waals surface area contributed by atoms with E-state index in [-0.39, 0.29) is 11.2 Å². The van der Waals surface area contributed by atoms with E-state index in [0.29, 0.717) is 10.8 Å². The van der Waals surface area contributed by atoms with Gasteiger partial charge in [-0.25, -0.2) is 5.43 Å². The van der Waals surface area contributed by atoms with Crippen LogP contribution in [0.15, 0.2) is 84.0 Å². The largest absolute Gasteiger partial charge is 0.318 e. The first kappa shape index (κ1) is 22.5. The average molecular weight is 486 g/mol. The van der Waals surface area contributed by atoms with Gasteiger partial charge in [0.1, 0.15) is 0 Å². The molecule has 0 bridgehead atoms. The monoisotopic (exact) mass is 485 g/mol. The third kappa shape index (κ3) is 4.29. The standard InChI is InChI=1S/C28H24ClN3OS/c1-18-15-20(19(2)32(18)22-13-11-21(29)12-14-22)16-30-31-27(33)17-34-28-25-9-5-3-7-23(25)24-8-4-6-10-26(24)28/h3-16,28H,17H2,1-2H3,(H,31,33)/b30-16+. The molecule has 0 unspecified atom stereocenters. The maximum Gasteiger partial charge on any atom is 0.250 e. The van der Waals surface area contributed by atoms with Gasteiger partial charge in [-0.1, -0.05) is 60.1 Å². The average Bonchev–Trinajstić information content (AvgIpc) is 3.32. The molecule has 0 radical (unpaired) electrons. The molecule has 4 aromatic rings. The summed E-state index contributed by atoms with van der Waals surface area (Å²) in [6, 6.07) is 26.6. The molecule has 170 valence electrons. The molecule has 5 rings (SSSR count). The number of hydrogen-bond donors (Lipinski definition) is 1. The van der Waals surface area contributed by atoms with Crippen LogP contribution in [0.4, 0.5) is 0 Å². The number of amides is 1. The Bertz CT molecular complexity index is 1350. The number of rotatable bonds is 6. The van der Waals surface area contributed by atoms with Gasteiger partial charge in [-0.3, -0.25) is 4.79 Å². The van der Waals surface area contributed by atoms with Crippen molar-refractivity contribution < 1.29 is 4.79 Å². The summed E-state index contributed by atoms with van der Waals surface area (Å²) in [5.74, 6) is 0.212. The molecule has 0 atom stereocenters. The minimum atomic E-state index is -0.116. The summed E-state index contributed by atoms with van der Waals surface area (Å²) in [5, 5.41) is 5.09. The molecular weight excluding hydrogens is 462 g/mol. The molecule has 0 saturated carbocycles. The van der Waals surface area contributed by atoms with Crippen LogP contribution in [-0.2, 0) is 4.79 Å². The zero-order valence-corrected chi connectivity index (χ0v) is 20.5. The molecule has 1 heterocycles. The van der Waals surface area contributed by atoms with Crippen molar-refractivity contribution in [1.82, 2.24) is 9.99 Å². The van der Waals surface area contributed by atoms with Crippen LogP contribution < -0.4 is 5.43 Å². The number of hydrazone groups is 1. The second kappa shape index (κ2) is 9.53. The fraction of sp³-hybridized carbons (Fsp3) is 0.143. The fourth-order valence-electron chi connectivity index (χ4n) is 4.56. The van der Waals surface area contributed by atoms with Gasteiger partial charge in [0.2, 0.25) is 5.91 Å². The Morgan fingerprint density at radius 2 is 1.62 bits per heavy atom. The van der Waals surface area contributed by atoms with Crippen LogP contribution in [0.1, 0.15) is 33.3 Å². The van der Waals surface area contributed by atoms with Gasteiger partial charge in [0.05, 0.1) is 17.2 Å². The highest BCUT2D eigenvalue weighted by Gasteiger charge is 2.28. The molecule has 1 aliphatic rings. The summed E-state index contributed by atoms with van der Waals surface area (Å²) in [4.78, 5) is 12.6. The number of benzene rings is 3. The Labute approximate surface area is 208 Å². The second-order valence-corrected chi connectivity index (χ2v) is 9.83. The minimum Gasteiger partial charge on any atom is -0.318 e. The minimum absolute atomic E-state index is 0.116. The fourth-order valence-corrected chi connectivity index (χ4v) is 5.84. The number of aromatic nitrogens is 1. The molecule has 0 aliphatic heterocycles. The number of aryl methyl sites for hydroxylation is 1. The Balaban J connectivity index is 1.24. The van der Waals surface area contributed by atoms with Crippen LogP contribution in [-0.4, -0.2) is 22.4 Å². The molecule has 0 fully saturated rings. The van der Waals surface area contributed by atoms with Gasteiger partial charge in [-0.2, -0.15) is 5.10 Å². The molecule has 0 saturated heterocycles. The summed E-state index contributed by atoms with van der Waals surface area (Å²) in [5.41, 5.74) is 11.9. The molecule has 6 heteroatoms. The molecule has 4 nitrogen and oxygen atoms in total. The van der Waals surface area contributed by atoms with Crippen molar-refractivity contribution in [2.24, 2.45) is 5.10 Å². The van der Waals surface area contributed by atoms with E-state index in [9.17, 15) is 4.79 Å². The van der Waals surface area contributed by atoms with Crippen molar-refractivity contribution in [2.45, 2.75) is 19.1 Å². The van der Waals surface area contributed by atoms with Crippen molar-refractivity contribution in [1.29, 1.82) is 0 Å². The summed E-state index contributed by atoms with van der Waals surface area (Å²) >= 11 is 7.66. The maximum absolute atomic E-state index is 12.6. The number of nitrogens with zero attached hydrogens (tertiary/aromatic N) is 2. The normalized spacial score (nSPS) is 12.7. The molecule has 1 aromatic heterocycles. The summed E-state index contributed by atoms with van der Waals surface area (Å²) < 4.78 is 2.14. The van der Waals surface area contributed by atoms with E-state index < -0.39 is 0 Å². The first-order valence-electron chi connectivity index (χ1n) is 11.1. The number of fused-ring (bicyclic) bond motifs is 3. The van der Waals surface area contributed by atoms with Crippen LogP contribution in [0.3, 0.4) is 0 Å². The molecule has 34 heavy (non-hydrogen) atoms. The zero-order chi connectivity index (χ0) is 23.7. The number of carbonyl (C=O) groups excluding carboxylic acids is 1. The van der Waals surface area contributed by atoms with E-state index in [1.807, 2.05) is 38.1 Å². The van der Waals surface area contributed by atoms with Crippen molar-refractivity contribution in [3.8, 4) is 16.8 Å². The molecular formula is C28H24ClN3OS. The maximum atomic E-state index is 12.6. The van der Waals surface area contributed by atoms with E-state index >= 15 is 0 Å². The SMILES string of the molecule is Cc1cc(/C=N/NC(=O)CSC2c3ccccc3-c3ccccc32)c(C)n1-c1ccc(Cl)cc1. The first-order chi connectivity index (χ1) is 16.5. The van der Waals surface area contributed by atoms with Crippen LogP contribution in [0.5, 0.6) is 0 Å². The highest BCUT2D eigenvalue weighted by Crippen LogP contribution is 2.49. The lowest BCUT2D eigenvalue weighted by Gasteiger charge is -2.12. The van der Waals surface area contributed by atoms with E-state index in [1.54, 1.807) is 18.0 Å². The molecule has 0 spiro atoms. The Hall–Kier alpha value is -3.28. The van der Waals surface area contributed by atoms with Crippen molar-refractivity contribution in [2.75, 3.05) is 5.75 Å². The van der Waals surface area contributed by atoms with E-state index in [2.05, 4.69) is 69.7 Å². The molecule has 3 aromatic carbocycles. The van der Waals surface area contributed by atoms with Gasteiger partial charge in [-0.15, -0.1) is 11.8 Å². The Morgan fingerprint density at radius 1 is 1.00 bits per heavy atom. The van der Waals surface area contributed by atoms with Crippen LogP contribution in [0.25, 0.3) is 16.8 Å². The van der Waals surface area contributed by atoms with Gasteiger partial charge in [0.15, 0.2) is 0 Å². The van der Waals surface area contributed by atoms with E-state index in [1.165, 1.54) is 22.3 Å². The molecule has 1 amide bonds. The number of nitrogens with one attached hydrogen (secondary N) is 1. The predicted octanol–water partition coefficient (Wildman–Crippen LogP) is 6.70. The van der Waals surface area contributed by atoms with Gasteiger partial charge < -0.3 is 4.57 Å². The van der Waals surface area contributed by atoms with E-state index in [0.717, 1.165) is 22.6 Å². The zero-order valence-electron chi connectivity index (χ0n) is 19.0. The Morgan fingerprint density at radius 3 is 2.26 bits per heavy atom. The highest BCUT2D eigenvalue weighted by atomic mass is 35.5. The summed E-state index contributed by atoms with van der Waals surface area (Å²) in [6.07, 6.45) is 1.71. The number of hydrogen-bond acceptors (Lipinski definition) is 3.